The van der Waals surface area contributed by atoms with Crippen LogP contribution in [0.15, 0.2) is 0 Å². The maximum Gasteiger partial charge on any atom is 0.136 e. The van der Waals surface area contributed by atoms with Crippen molar-refractivity contribution in [2.24, 2.45) is 0 Å². The van der Waals surface area contributed by atoms with Crippen molar-refractivity contribution >= 4 is 11.6 Å². The number of rotatable bonds is 8. The second kappa shape index (κ2) is 6.91. The van der Waals surface area contributed by atoms with Gasteiger partial charge in [0.15, 0.2) is 0 Å². The van der Waals surface area contributed by atoms with Crippen LogP contribution >= 0.6 is 0 Å². The van der Waals surface area contributed by atoms with Gasteiger partial charge in [0.05, 0.1) is 0 Å². The highest BCUT2D eigenvalue weighted by molar-refractivity contribution is 5.58. The Morgan fingerprint density at radius 2 is 1.75 bits per heavy atom. The SMILES string of the molecule is CCCNc1nc(C2CC2)nc(NC(CC)CC)c1C. The lowest BCUT2D eigenvalue weighted by Gasteiger charge is -2.19. The molecule has 4 nitrogen and oxygen atoms in total. The van der Waals surface area contributed by atoms with Gasteiger partial charge in [0.2, 0.25) is 0 Å². The molecule has 0 saturated heterocycles. The third-order valence-corrected chi connectivity index (χ3v) is 3.97. The van der Waals surface area contributed by atoms with Gasteiger partial charge < -0.3 is 10.6 Å². The lowest BCUT2D eigenvalue weighted by molar-refractivity contribution is 0.666. The van der Waals surface area contributed by atoms with Crippen molar-refractivity contribution in [1.29, 1.82) is 0 Å². The van der Waals surface area contributed by atoms with E-state index in [1.54, 1.807) is 0 Å². The fourth-order valence-corrected chi connectivity index (χ4v) is 2.30. The summed E-state index contributed by atoms with van der Waals surface area (Å²) < 4.78 is 0. The number of nitrogens with zero attached hydrogens (tertiary/aromatic N) is 2. The van der Waals surface area contributed by atoms with E-state index in [4.69, 9.17) is 9.97 Å². The van der Waals surface area contributed by atoms with E-state index in [0.717, 1.165) is 48.8 Å². The van der Waals surface area contributed by atoms with Gasteiger partial charge in [0.25, 0.3) is 0 Å². The largest absolute Gasteiger partial charge is 0.370 e. The highest BCUT2D eigenvalue weighted by Gasteiger charge is 2.28. The second-order valence-electron chi connectivity index (χ2n) is 5.76. The van der Waals surface area contributed by atoms with Gasteiger partial charge in [-0.1, -0.05) is 20.8 Å². The summed E-state index contributed by atoms with van der Waals surface area (Å²) in [6, 6.07) is 0.495. The van der Waals surface area contributed by atoms with Crippen LogP contribution in [0.25, 0.3) is 0 Å². The summed E-state index contributed by atoms with van der Waals surface area (Å²) in [7, 11) is 0. The minimum absolute atomic E-state index is 0.495. The van der Waals surface area contributed by atoms with Gasteiger partial charge in [-0.2, -0.15) is 0 Å². The van der Waals surface area contributed by atoms with Gasteiger partial charge in [-0.3, -0.25) is 0 Å². The third kappa shape index (κ3) is 3.62. The number of anilines is 2. The van der Waals surface area contributed by atoms with Crippen LogP contribution in [0, 0.1) is 6.92 Å². The summed E-state index contributed by atoms with van der Waals surface area (Å²) in [5, 5.41) is 7.04. The summed E-state index contributed by atoms with van der Waals surface area (Å²) in [6.07, 6.45) is 5.83. The molecule has 2 N–H and O–H groups in total. The van der Waals surface area contributed by atoms with E-state index in [-0.39, 0.29) is 0 Å². The minimum atomic E-state index is 0.495. The van der Waals surface area contributed by atoms with E-state index in [1.165, 1.54) is 12.8 Å². The molecule has 1 heterocycles. The third-order valence-electron chi connectivity index (χ3n) is 3.97. The zero-order chi connectivity index (χ0) is 14.5. The average molecular weight is 276 g/mol. The maximum absolute atomic E-state index is 4.78. The molecule has 0 spiro atoms. The van der Waals surface area contributed by atoms with Crippen LogP contribution in [0.4, 0.5) is 11.6 Å². The molecule has 1 aromatic rings. The molecule has 0 radical (unpaired) electrons. The van der Waals surface area contributed by atoms with Crippen molar-refractivity contribution < 1.29 is 0 Å². The van der Waals surface area contributed by atoms with Gasteiger partial charge in [-0.15, -0.1) is 0 Å². The van der Waals surface area contributed by atoms with Crippen LogP contribution in [0.2, 0.25) is 0 Å². The number of hydrogen-bond donors (Lipinski definition) is 2. The highest BCUT2D eigenvalue weighted by Crippen LogP contribution is 2.39. The van der Waals surface area contributed by atoms with Gasteiger partial charge in [-0.25, -0.2) is 9.97 Å². The standard InChI is InChI=1S/C16H28N4/c1-5-10-17-14-11(4)15(18-13(6-2)7-3)20-16(19-14)12-8-9-12/h12-13H,5-10H2,1-4H3,(H2,17,18,19,20). The molecule has 4 heteroatoms. The molecule has 1 fully saturated rings. The molecule has 1 aliphatic rings. The maximum atomic E-state index is 4.78. The van der Waals surface area contributed by atoms with Gasteiger partial charge in [-0.05, 0) is 39.0 Å². The zero-order valence-electron chi connectivity index (χ0n) is 13.3. The van der Waals surface area contributed by atoms with Crippen molar-refractivity contribution in [2.75, 3.05) is 17.2 Å². The molecular weight excluding hydrogens is 248 g/mol. The lowest BCUT2D eigenvalue weighted by Crippen LogP contribution is -2.20. The first-order valence-electron chi connectivity index (χ1n) is 8.08. The van der Waals surface area contributed by atoms with E-state index in [0.29, 0.717) is 12.0 Å². The Labute approximate surface area is 122 Å². The Morgan fingerprint density at radius 3 is 2.30 bits per heavy atom. The van der Waals surface area contributed by atoms with E-state index < -0.39 is 0 Å². The summed E-state index contributed by atoms with van der Waals surface area (Å²) in [6.45, 7) is 9.69. The fraction of sp³-hybridized carbons (Fsp3) is 0.750. The summed E-state index contributed by atoms with van der Waals surface area (Å²) in [4.78, 5) is 9.51. The molecule has 2 rings (SSSR count). The molecule has 0 aliphatic heterocycles. The Kier molecular flexibility index (Phi) is 5.21. The quantitative estimate of drug-likeness (QED) is 0.751. The van der Waals surface area contributed by atoms with Crippen LogP contribution in [0.5, 0.6) is 0 Å². The molecule has 0 bridgehead atoms. The van der Waals surface area contributed by atoms with Crippen LogP contribution < -0.4 is 10.6 Å². The first-order chi connectivity index (χ1) is 9.69. The predicted octanol–water partition coefficient (Wildman–Crippen LogP) is 4.08. The van der Waals surface area contributed by atoms with Crippen LogP contribution in [-0.2, 0) is 0 Å². The Balaban J connectivity index is 2.25. The van der Waals surface area contributed by atoms with Crippen molar-refractivity contribution in [3.8, 4) is 0 Å². The van der Waals surface area contributed by atoms with Crippen molar-refractivity contribution in [2.45, 2.75) is 71.8 Å². The molecule has 1 saturated carbocycles. The van der Waals surface area contributed by atoms with Gasteiger partial charge >= 0.3 is 0 Å². The first-order valence-corrected chi connectivity index (χ1v) is 8.08. The molecule has 112 valence electrons. The van der Waals surface area contributed by atoms with Crippen molar-refractivity contribution in [3.05, 3.63) is 11.4 Å². The van der Waals surface area contributed by atoms with E-state index in [9.17, 15) is 0 Å². The van der Waals surface area contributed by atoms with Crippen LogP contribution in [0.3, 0.4) is 0 Å². The molecule has 0 aromatic carbocycles. The summed E-state index contributed by atoms with van der Waals surface area (Å²) in [5.74, 6) is 3.63. The van der Waals surface area contributed by atoms with Gasteiger partial charge in [0.1, 0.15) is 17.5 Å². The number of hydrogen-bond acceptors (Lipinski definition) is 4. The first kappa shape index (κ1) is 15.1. The van der Waals surface area contributed by atoms with Crippen LogP contribution in [-0.4, -0.2) is 22.6 Å². The van der Waals surface area contributed by atoms with E-state index >= 15 is 0 Å². The van der Waals surface area contributed by atoms with Crippen molar-refractivity contribution in [1.82, 2.24) is 9.97 Å². The molecule has 0 amide bonds. The lowest BCUT2D eigenvalue weighted by atomic mass is 10.1. The molecule has 0 unspecified atom stereocenters. The van der Waals surface area contributed by atoms with Crippen molar-refractivity contribution in [3.63, 3.8) is 0 Å². The highest BCUT2D eigenvalue weighted by atomic mass is 15.1. The van der Waals surface area contributed by atoms with Gasteiger partial charge in [0, 0.05) is 24.1 Å². The average Bonchev–Trinajstić information content (AvgIpc) is 3.29. The monoisotopic (exact) mass is 276 g/mol. The second-order valence-corrected chi connectivity index (χ2v) is 5.76. The summed E-state index contributed by atoms with van der Waals surface area (Å²) >= 11 is 0. The molecule has 1 aliphatic carbocycles. The minimum Gasteiger partial charge on any atom is -0.370 e. The normalized spacial score (nSPS) is 14.7. The van der Waals surface area contributed by atoms with E-state index in [1.807, 2.05) is 0 Å². The summed E-state index contributed by atoms with van der Waals surface area (Å²) in [5.41, 5.74) is 1.15. The Bertz CT molecular complexity index is 436. The predicted molar refractivity (Wildman–Crippen MR) is 85.5 cm³/mol. The number of nitrogens with one attached hydrogen (secondary N) is 2. The molecule has 20 heavy (non-hydrogen) atoms. The topological polar surface area (TPSA) is 49.8 Å². The molecule has 0 atom stereocenters. The van der Waals surface area contributed by atoms with Crippen LogP contribution in [0.1, 0.15) is 70.2 Å². The van der Waals surface area contributed by atoms with E-state index in [2.05, 4.69) is 38.3 Å². The smallest absolute Gasteiger partial charge is 0.136 e. The number of aromatic nitrogens is 2. The fourth-order valence-electron chi connectivity index (χ4n) is 2.30. The zero-order valence-corrected chi connectivity index (χ0v) is 13.3. The molecular formula is C16H28N4. The Morgan fingerprint density at radius 1 is 1.10 bits per heavy atom. The molecule has 1 aromatic heterocycles. The Hall–Kier alpha value is -1.32.